The first-order valence-corrected chi connectivity index (χ1v) is 6.82. The second-order valence-corrected chi connectivity index (χ2v) is 4.64. The molecule has 0 saturated heterocycles. The molecule has 22 heavy (non-hydrogen) atoms. The number of rotatable bonds is 5. The summed E-state index contributed by atoms with van der Waals surface area (Å²) in [5, 5.41) is 4.45. The lowest BCUT2D eigenvalue weighted by molar-refractivity contribution is 0.0955. The number of allylic oxidation sites excluding steroid dienone is 1. The normalized spacial score (nSPS) is 11.0. The van der Waals surface area contributed by atoms with E-state index in [4.69, 9.17) is 16.3 Å². The maximum atomic E-state index is 11.7. The predicted octanol–water partition coefficient (Wildman–Crippen LogP) is 3.17. The molecule has 0 atom stereocenters. The van der Waals surface area contributed by atoms with Gasteiger partial charge in [-0.2, -0.15) is 5.10 Å². The van der Waals surface area contributed by atoms with Crippen LogP contribution in [0.3, 0.4) is 0 Å². The van der Waals surface area contributed by atoms with Crippen LogP contribution in [0.2, 0.25) is 5.02 Å². The summed E-state index contributed by atoms with van der Waals surface area (Å²) in [5.74, 6) is 0.405. The highest BCUT2D eigenvalue weighted by Crippen LogP contribution is 2.23. The van der Waals surface area contributed by atoms with Gasteiger partial charge in [-0.1, -0.05) is 11.6 Å². The van der Waals surface area contributed by atoms with E-state index in [2.05, 4.69) is 15.5 Å². The average molecular weight is 316 g/mol. The van der Waals surface area contributed by atoms with Crippen molar-refractivity contribution >= 4 is 29.8 Å². The van der Waals surface area contributed by atoms with E-state index in [1.54, 1.807) is 62.0 Å². The zero-order valence-electron chi connectivity index (χ0n) is 11.9. The fourth-order valence-corrected chi connectivity index (χ4v) is 1.87. The van der Waals surface area contributed by atoms with Gasteiger partial charge < -0.3 is 4.74 Å². The minimum Gasteiger partial charge on any atom is -0.496 e. The van der Waals surface area contributed by atoms with Gasteiger partial charge in [-0.05, 0) is 42.5 Å². The number of nitrogens with one attached hydrogen (secondary N) is 1. The molecule has 0 unspecified atom stereocenters. The molecular formula is C16H14ClN3O2. The van der Waals surface area contributed by atoms with Gasteiger partial charge in [-0.25, -0.2) is 5.43 Å². The number of methoxy groups -OCH3 is 1. The van der Waals surface area contributed by atoms with Gasteiger partial charge in [0.05, 0.1) is 7.11 Å². The second-order valence-electron chi connectivity index (χ2n) is 4.20. The quantitative estimate of drug-likeness (QED) is 0.681. The molecule has 112 valence electrons. The van der Waals surface area contributed by atoms with E-state index < -0.39 is 0 Å². The zero-order valence-corrected chi connectivity index (χ0v) is 12.6. The van der Waals surface area contributed by atoms with Gasteiger partial charge in [0.15, 0.2) is 0 Å². The van der Waals surface area contributed by atoms with Crippen LogP contribution in [0.1, 0.15) is 15.9 Å². The molecule has 0 fully saturated rings. The Hall–Kier alpha value is -2.66. The fraction of sp³-hybridized carbons (Fsp3) is 0.0625. The molecule has 5 nitrogen and oxygen atoms in total. The average Bonchev–Trinajstić information content (AvgIpc) is 2.55. The third-order valence-electron chi connectivity index (χ3n) is 2.74. The first-order valence-electron chi connectivity index (χ1n) is 6.44. The largest absolute Gasteiger partial charge is 0.496 e. The van der Waals surface area contributed by atoms with Crippen molar-refractivity contribution in [2.75, 3.05) is 7.11 Å². The monoisotopic (exact) mass is 315 g/mol. The van der Waals surface area contributed by atoms with Crippen molar-refractivity contribution in [2.24, 2.45) is 5.10 Å². The molecule has 6 heteroatoms. The van der Waals surface area contributed by atoms with Gasteiger partial charge in [0.25, 0.3) is 5.91 Å². The maximum absolute atomic E-state index is 11.7. The smallest absolute Gasteiger partial charge is 0.271 e. The first-order chi connectivity index (χ1) is 10.7. The van der Waals surface area contributed by atoms with Gasteiger partial charge in [0.2, 0.25) is 0 Å². The molecule has 1 amide bonds. The molecular weight excluding hydrogens is 302 g/mol. The van der Waals surface area contributed by atoms with Gasteiger partial charge >= 0.3 is 0 Å². The van der Waals surface area contributed by atoms with Crippen LogP contribution in [0.4, 0.5) is 0 Å². The fourth-order valence-electron chi connectivity index (χ4n) is 1.69. The van der Waals surface area contributed by atoms with E-state index in [9.17, 15) is 4.79 Å². The minimum absolute atomic E-state index is 0.299. The van der Waals surface area contributed by atoms with Crippen molar-refractivity contribution in [3.05, 3.63) is 65.0 Å². The molecule has 1 aromatic heterocycles. The molecule has 1 aromatic carbocycles. The summed E-state index contributed by atoms with van der Waals surface area (Å²) in [6.07, 6.45) is 8.03. The molecule has 0 aliphatic carbocycles. The highest BCUT2D eigenvalue weighted by Gasteiger charge is 2.01. The van der Waals surface area contributed by atoms with E-state index in [0.717, 1.165) is 5.56 Å². The molecule has 0 radical (unpaired) electrons. The van der Waals surface area contributed by atoms with Crippen molar-refractivity contribution < 1.29 is 9.53 Å². The standard InChI is InChI=1S/C16H14ClN3O2/c1-22-15-5-4-14(17)11-13(15)3-2-8-19-20-16(21)12-6-9-18-10-7-12/h2-11H,1H3,(H,20,21). The molecule has 2 aromatic rings. The van der Waals surface area contributed by atoms with Crippen molar-refractivity contribution in [1.29, 1.82) is 0 Å². The van der Waals surface area contributed by atoms with E-state index in [-0.39, 0.29) is 5.91 Å². The summed E-state index contributed by atoms with van der Waals surface area (Å²) >= 11 is 5.94. The maximum Gasteiger partial charge on any atom is 0.271 e. The predicted molar refractivity (Wildman–Crippen MR) is 87.2 cm³/mol. The van der Waals surface area contributed by atoms with Crippen molar-refractivity contribution in [3.63, 3.8) is 0 Å². The lowest BCUT2D eigenvalue weighted by Gasteiger charge is -2.04. The van der Waals surface area contributed by atoms with Crippen molar-refractivity contribution in [2.45, 2.75) is 0 Å². The van der Waals surface area contributed by atoms with E-state index in [1.807, 2.05) is 0 Å². The number of halogens is 1. The number of aromatic nitrogens is 1. The van der Waals surface area contributed by atoms with Crippen molar-refractivity contribution in [3.8, 4) is 5.75 Å². The summed E-state index contributed by atoms with van der Waals surface area (Å²) in [5.41, 5.74) is 3.73. The number of carbonyl (C=O) groups excluding carboxylic acids is 1. The Kier molecular flexibility index (Phi) is 5.68. The first kappa shape index (κ1) is 15.7. The van der Waals surface area contributed by atoms with E-state index >= 15 is 0 Å². The lowest BCUT2D eigenvalue weighted by Crippen LogP contribution is -2.17. The summed E-state index contributed by atoms with van der Waals surface area (Å²) in [7, 11) is 1.59. The number of pyridine rings is 1. The van der Waals surface area contributed by atoms with E-state index in [1.165, 1.54) is 6.21 Å². The van der Waals surface area contributed by atoms with Gasteiger partial charge in [-0.3, -0.25) is 9.78 Å². The van der Waals surface area contributed by atoms with Gasteiger partial charge in [-0.15, -0.1) is 0 Å². The van der Waals surface area contributed by atoms with Crippen LogP contribution in [0.25, 0.3) is 6.08 Å². The molecule has 0 bridgehead atoms. The van der Waals surface area contributed by atoms with Crippen LogP contribution in [-0.4, -0.2) is 24.2 Å². The zero-order chi connectivity index (χ0) is 15.8. The highest BCUT2D eigenvalue weighted by atomic mass is 35.5. The molecule has 0 spiro atoms. The highest BCUT2D eigenvalue weighted by molar-refractivity contribution is 6.30. The van der Waals surface area contributed by atoms with Crippen LogP contribution in [0.5, 0.6) is 5.75 Å². The van der Waals surface area contributed by atoms with Gasteiger partial charge in [0, 0.05) is 34.8 Å². The second kappa shape index (κ2) is 7.95. The topological polar surface area (TPSA) is 63.6 Å². The Morgan fingerprint density at radius 2 is 2.09 bits per heavy atom. The minimum atomic E-state index is -0.299. The molecule has 0 saturated carbocycles. The SMILES string of the molecule is COc1ccc(Cl)cc1C=CC=NNC(=O)c1ccncc1. The molecule has 1 N–H and O–H groups in total. The van der Waals surface area contributed by atoms with Crippen LogP contribution in [-0.2, 0) is 0 Å². The Morgan fingerprint density at radius 1 is 1.32 bits per heavy atom. The Labute approximate surface area is 133 Å². The summed E-state index contributed by atoms with van der Waals surface area (Å²) in [6, 6.07) is 8.53. The third kappa shape index (κ3) is 4.43. The number of amides is 1. The van der Waals surface area contributed by atoms with E-state index in [0.29, 0.717) is 16.3 Å². The van der Waals surface area contributed by atoms with Crippen LogP contribution < -0.4 is 10.2 Å². The Bertz CT molecular complexity index is 700. The summed E-state index contributed by atoms with van der Waals surface area (Å²) in [6.45, 7) is 0. The van der Waals surface area contributed by atoms with Gasteiger partial charge in [0.1, 0.15) is 5.75 Å². The molecule has 2 rings (SSSR count). The number of carbonyl (C=O) groups is 1. The molecule has 1 heterocycles. The third-order valence-corrected chi connectivity index (χ3v) is 2.97. The number of hydrazone groups is 1. The Morgan fingerprint density at radius 3 is 2.82 bits per heavy atom. The number of nitrogens with zero attached hydrogens (tertiary/aromatic N) is 2. The number of benzene rings is 1. The van der Waals surface area contributed by atoms with Crippen molar-refractivity contribution in [1.82, 2.24) is 10.4 Å². The Balaban J connectivity index is 1.95. The van der Waals surface area contributed by atoms with Crippen LogP contribution in [0.15, 0.2) is 53.9 Å². The number of hydrogen-bond acceptors (Lipinski definition) is 4. The summed E-state index contributed by atoms with van der Waals surface area (Å²) < 4.78 is 5.22. The summed E-state index contributed by atoms with van der Waals surface area (Å²) in [4.78, 5) is 15.6. The number of hydrogen-bond donors (Lipinski definition) is 1. The van der Waals surface area contributed by atoms with Crippen LogP contribution in [0, 0.1) is 0 Å². The number of ether oxygens (including phenoxy) is 1. The molecule has 0 aliphatic heterocycles. The lowest BCUT2D eigenvalue weighted by atomic mass is 10.2. The molecule has 0 aliphatic rings. The van der Waals surface area contributed by atoms with Crippen LogP contribution >= 0.6 is 11.6 Å².